The van der Waals surface area contributed by atoms with Gasteiger partial charge < -0.3 is 4.74 Å². The van der Waals surface area contributed by atoms with Gasteiger partial charge in [0.15, 0.2) is 0 Å². The highest BCUT2D eigenvalue weighted by atomic mass is 35.5. The summed E-state index contributed by atoms with van der Waals surface area (Å²) in [4.78, 5) is 0. The van der Waals surface area contributed by atoms with Crippen LogP contribution in [-0.2, 0) is 10.0 Å². The molecule has 0 fully saturated rings. The maximum Gasteiger partial charge on any atom is 0.229 e. The number of rotatable bonds is 3. The van der Waals surface area contributed by atoms with Crippen LogP contribution in [-0.4, -0.2) is 21.8 Å². The van der Waals surface area contributed by atoms with E-state index in [1.807, 2.05) is 6.92 Å². The first-order chi connectivity index (χ1) is 7.26. The van der Waals surface area contributed by atoms with Gasteiger partial charge in [-0.15, -0.1) is 0 Å². The van der Waals surface area contributed by atoms with Gasteiger partial charge in [-0.1, -0.05) is 11.6 Å². The molecule has 1 rings (SSSR count). The SMILES string of the molecule is COc1cc(C)c(Cl)c(C)c1NS(C)(=O)=O. The van der Waals surface area contributed by atoms with Crippen molar-refractivity contribution in [3.05, 3.63) is 22.2 Å². The van der Waals surface area contributed by atoms with Gasteiger partial charge in [-0.05, 0) is 31.0 Å². The van der Waals surface area contributed by atoms with Crippen LogP contribution in [0, 0.1) is 13.8 Å². The van der Waals surface area contributed by atoms with E-state index >= 15 is 0 Å². The number of aryl methyl sites for hydroxylation is 1. The topological polar surface area (TPSA) is 55.4 Å². The zero-order valence-corrected chi connectivity index (χ0v) is 11.2. The first kappa shape index (κ1) is 13.1. The number of hydrogen-bond acceptors (Lipinski definition) is 3. The Morgan fingerprint density at radius 3 is 2.38 bits per heavy atom. The molecule has 0 radical (unpaired) electrons. The van der Waals surface area contributed by atoms with Crippen LogP contribution < -0.4 is 9.46 Å². The van der Waals surface area contributed by atoms with Crippen molar-refractivity contribution >= 4 is 27.3 Å². The van der Waals surface area contributed by atoms with Gasteiger partial charge in [-0.3, -0.25) is 4.72 Å². The Kier molecular flexibility index (Phi) is 3.70. The summed E-state index contributed by atoms with van der Waals surface area (Å²) in [6, 6.07) is 1.70. The Balaban J connectivity index is 3.42. The van der Waals surface area contributed by atoms with Gasteiger partial charge in [-0.2, -0.15) is 0 Å². The summed E-state index contributed by atoms with van der Waals surface area (Å²) in [6.07, 6.45) is 1.08. The van der Waals surface area contributed by atoms with Gasteiger partial charge in [0.05, 0.1) is 19.1 Å². The van der Waals surface area contributed by atoms with E-state index in [9.17, 15) is 8.42 Å². The number of halogens is 1. The lowest BCUT2D eigenvalue weighted by Crippen LogP contribution is -2.12. The van der Waals surface area contributed by atoms with E-state index in [2.05, 4.69) is 4.72 Å². The van der Waals surface area contributed by atoms with Crippen LogP contribution in [0.25, 0.3) is 0 Å². The lowest BCUT2D eigenvalue weighted by Gasteiger charge is -2.15. The van der Waals surface area contributed by atoms with Crippen molar-refractivity contribution in [3.8, 4) is 5.75 Å². The van der Waals surface area contributed by atoms with Crippen LogP contribution in [0.5, 0.6) is 5.75 Å². The molecule has 90 valence electrons. The second-order valence-corrected chi connectivity index (χ2v) is 5.71. The molecule has 4 nitrogen and oxygen atoms in total. The van der Waals surface area contributed by atoms with Crippen LogP contribution in [0.1, 0.15) is 11.1 Å². The van der Waals surface area contributed by atoms with E-state index in [1.165, 1.54) is 7.11 Å². The van der Waals surface area contributed by atoms with Crippen molar-refractivity contribution in [2.45, 2.75) is 13.8 Å². The van der Waals surface area contributed by atoms with E-state index in [1.54, 1.807) is 13.0 Å². The second-order valence-electron chi connectivity index (χ2n) is 3.58. The van der Waals surface area contributed by atoms with Crippen LogP contribution in [0.3, 0.4) is 0 Å². The molecular weight excluding hydrogens is 250 g/mol. The predicted molar refractivity (Wildman–Crippen MR) is 65.9 cm³/mol. The highest BCUT2D eigenvalue weighted by Gasteiger charge is 2.15. The lowest BCUT2D eigenvalue weighted by atomic mass is 10.1. The molecule has 0 aliphatic rings. The maximum absolute atomic E-state index is 11.2. The third kappa shape index (κ3) is 2.80. The molecular formula is C10H14ClNO3S. The molecule has 0 atom stereocenters. The summed E-state index contributed by atoms with van der Waals surface area (Å²) < 4.78 is 29.9. The molecule has 0 unspecified atom stereocenters. The monoisotopic (exact) mass is 263 g/mol. The molecule has 0 amide bonds. The quantitative estimate of drug-likeness (QED) is 0.911. The van der Waals surface area contributed by atoms with Crippen molar-refractivity contribution in [2.75, 3.05) is 18.1 Å². The smallest absolute Gasteiger partial charge is 0.229 e. The molecule has 1 aromatic rings. The number of ether oxygens (including phenoxy) is 1. The molecule has 1 N–H and O–H groups in total. The molecule has 16 heavy (non-hydrogen) atoms. The minimum Gasteiger partial charge on any atom is -0.495 e. The average molecular weight is 264 g/mol. The molecule has 0 aromatic heterocycles. The molecule has 0 saturated heterocycles. The summed E-state index contributed by atoms with van der Waals surface area (Å²) in [5, 5.41) is 0.534. The normalized spacial score (nSPS) is 11.3. The fraction of sp³-hybridized carbons (Fsp3) is 0.400. The van der Waals surface area contributed by atoms with Crippen LogP contribution in [0.2, 0.25) is 5.02 Å². The van der Waals surface area contributed by atoms with Gasteiger partial charge in [0.2, 0.25) is 10.0 Å². The van der Waals surface area contributed by atoms with Crippen molar-refractivity contribution in [1.82, 2.24) is 0 Å². The molecule has 0 aliphatic heterocycles. The van der Waals surface area contributed by atoms with E-state index in [0.717, 1.165) is 11.8 Å². The Hall–Kier alpha value is -0.940. The molecule has 6 heteroatoms. The number of sulfonamides is 1. The third-order valence-electron chi connectivity index (χ3n) is 2.15. The molecule has 0 heterocycles. The molecule has 0 bridgehead atoms. The van der Waals surface area contributed by atoms with Crippen LogP contribution in [0.4, 0.5) is 5.69 Å². The van der Waals surface area contributed by atoms with Gasteiger partial charge in [0.1, 0.15) is 5.75 Å². The first-order valence-electron chi connectivity index (χ1n) is 4.57. The molecule has 0 aliphatic carbocycles. The van der Waals surface area contributed by atoms with Gasteiger partial charge in [-0.25, -0.2) is 8.42 Å². The summed E-state index contributed by atoms with van der Waals surface area (Å²) in [6.45, 7) is 3.58. The van der Waals surface area contributed by atoms with E-state index < -0.39 is 10.0 Å². The maximum atomic E-state index is 11.2. The number of nitrogens with one attached hydrogen (secondary N) is 1. The van der Waals surface area contributed by atoms with Crippen LogP contribution >= 0.6 is 11.6 Å². The number of hydrogen-bond donors (Lipinski definition) is 1. The Morgan fingerprint density at radius 2 is 1.94 bits per heavy atom. The minimum atomic E-state index is -3.35. The van der Waals surface area contributed by atoms with E-state index in [4.69, 9.17) is 16.3 Å². The highest BCUT2D eigenvalue weighted by Crippen LogP contribution is 2.36. The van der Waals surface area contributed by atoms with Crippen LogP contribution in [0.15, 0.2) is 6.07 Å². The lowest BCUT2D eigenvalue weighted by molar-refractivity contribution is 0.416. The number of anilines is 1. The largest absolute Gasteiger partial charge is 0.495 e. The summed E-state index contributed by atoms with van der Waals surface area (Å²) in [5.41, 5.74) is 1.89. The van der Waals surface area contributed by atoms with Gasteiger partial charge >= 0.3 is 0 Å². The predicted octanol–water partition coefficient (Wildman–Crippen LogP) is 2.34. The zero-order valence-electron chi connectivity index (χ0n) is 9.59. The summed E-state index contributed by atoms with van der Waals surface area (Å²) >= 11 is 6.05. The Morgan fingerprint density at radius 1 is 1.38 bits per heavy atom. The fourth-order valence-electron chi connectivity index (χ4n) is 1.40. The second kappa shape index (κ2) is 4.51. The van der Waals surface area contributed by atoms with Gasteiger partial charge in [0.25, 0.3) is 0 Å². The van der Waals surface area contributed by atoms with Gasteiger partial charge in [0, 0.05) is 5.02 Å². The minimum absolute atomic E-state index is 0.389. The molecule has 0 saturated carbocycles. The van der Waals surface area contributed by atoms with Crippen molar-refractivity contribution < 1.29 is 13.2 Å². The standard InChI is InChI=1S/C10H14ClNO3S/c1-6-5-8(15-3)10(7(2)9(6)11)12-16(4,13)14/h5,12H,1-4H3. The fourth-order valence-corrected chi connectivity index (χ4v) is 2.17. The number of methoxy groups -OCH3 is 1. The zero-order chi connectivity index (χ0) is 12.5. The van der Waals surface area contributed by atoms with Crippen molar-refractivity contribution in [3.63, 3.8) is 0 Å². The van der Waals surface area contributed by atoms with E-state index in [0.29, 0.717) is 22.0 Å². The first-order valence-corrected chi connectivity index (χ1v) is 6.84. The van der Waals surface area contributed by atoms with E-state index in [-0.39, 0.29) is 0 Å². The Labute approximate surface area is 101 Å². The van der Waals surface area contributed by atoms with Crippen molar-refractivity contribution in [2.24, 2.45) is 0 Å². The molecule has 0 spiro atoms. The Bertz CT molecular complexity index is 511. The average Bonchev–Trinajstić information content (AvgIpc) is 2.17. The summed E-state index contributed by atoms with van der Waals surface area (Å²) in [5.74, 6) is 0.463. The van der Waals surface area contributed by atoms with Crippen molar-refractivity contribution in [1.29, 1.82) is 0 Å². The third-order valence-corrected chi connectivity index (χ3v) is 3.31. The highest BCUT2D eigenvalue weighted by molar-refractivity contribution is 7.92. The number of benzene rings is 1. The molecule has 1 aromatic carbocycles. The summed E-state index contributed by atoms with van der Waals surface area (Å²) in [7, 11) is -1.87.